The van der Waals surface area contributed by atoms with Crippen molar-refractivity contribution in [1.29, 1.82) is 0 Å². The predicted molar refractivity (Wildman–Crippen MR) is 81.6 cm³/mol. The van der Waals surface area contributed by atoms with E-state index in [1.165, 1.54) is 0 Å². The first-order valence-electron chi connectivity index (χ1n) is 6.32. The molecule has 1 aromatic heterocycles. The SMILES string of the molecule is Nc1cccc(-c2cnnc(Nc3ccccc3)c2)c1. The summed E-state index contributed by atoms with van der Waals surface area (Å²) in [5, 5.41) is 11.3. The summed E-state index contributed by atoms with van der Waals surface area (Å²) in [7, 11) is 0. The van der Waals surface area contributed by atoms with Gasteiger partial charge in [-0.1, -0.05) is 30.3 Å². The molecule has 0 aliphatic rings. The smallest absolute Gasteiger partial charge is 0.153 e. The predicted octanol–water partition coefficient (Wildman–Crippen LogP) is 3.47. The van der Waals surface area contributed by atoms with Gasteiger partial charge in [0, 0.05) is 16.9 Å². The Balaban J connectivity index is 1.90. The summed E-state index contributed by atoms with van der Waals surface area (Å²) in [5.74, 6) is 0.705. The van der Waals surface area contributed by atoms with Crippen LogP contribution in [0.2, 0.25) is 0 Å². The van der Waals surface area contributed by atoms with Crippen LogP contribution in [0.5, 0.6) is 0 Å². The zero-order valence-electron chi connectivity index (χ0n) is 10.8. The van der Waals surface area contributed by atoms with E-state index >= 15 is 0 Å². The number of nitrogens with one attached hydrogen (secondary N) is 1. The summed E-state index contributed by atoms with van der Waals surface area (Å²) in [6, 6.07) is 19.5. The fraction of sp³-hybridized carbons (Fsp3) is 0. The van der Waals surface area contributed by atoms with Crippen LogP contribution in [0.25, 0.3) is 11.1 Å². The fourth-order valence-corrected chi connectivity index (χ4v) is 1.97. The van der Waals surface area contributed by atoms with Gasteiger partial charge in [-0.15, -0.1) is 5.10 Å². The highest BCUT2D eigenvalue weighted by molar-refractivity contribution is 5.70. The first-order valence-corrected chi connectivity index (χ1v) is 6.32. The second kappa shape index (κ2) is 5.40. The molecule has 0 aliphatic heterocycles. The van der Waals surface area contributed by atoms with E-state index in [2.05, 4.69) is 15.5 Å². The molecular weight excluding hydrogens is 248 g/mol. The lowest BCUT2D eigenvalue weighted by Crippen LogP contribution is -1.96. The van der Waals surface area contributed by atoms with Crippen LogP contribution in [-0.2, 0) is 0 Å². The van der Waals surface area contributed by atoms with Crippen molar-refractivity contribution in [2.45, 2.75) is 0 Å². The van der Waals surface area contributed by atoms with Crippen molar-refractivity contribution in [3.05, 3.63) is 66.9 Å². The molecule has 0 bridgehead atoms. The Morgan fingerprint density at radius 1 is 0.850 bits per heavy atom. The minimum Gasteiger partial charge on any atom is -0.399 e. The third-order valence-electron chi connectivity index (χ3n) is 2.92. The van der Waals surface area contributed by atoms with Gasteiger partial charge < -0.3 is 11.1 Å². The lowest BCUT2D eigenvalue weighted by molar-refractivity contribution is 1.04. The van der Waals surface area contributed by atoms with Crippen LogP contribution >= 0.6 is 0 Å². The molecule has 0 unspecified atom stereocenters. The lowest BCUT2D eigenvalue weighted by Gasteiger charge is -2.07. The Hall–Kier alpha value is -2.88. The summed E-state index contributed by atoms with van der Waals surface area (Å²) in [5.41, 5.74) is 9.52. The highest BCUT2D eigenvalue weighted by Gasteiger charge is 2.02. The van der Waals surface area contributed by atoms with Gasteiger partial charge in [-0.2, -0.15) is 5.10 Å². The molecule has 0 aliphatic carbocycles. The van der Waals surface area contributed by atoms with Crippen molar-refractivity contribution < 1.29 is 0 Å². The van der Waals surface area contributed by atoms with Crippen LogP contribution < -0.4 is 11.1 Å². The fourth-order valence-electron chi connectivity index (χ4n) is 1.97. The van der Waals surface area contributed by atoms with E-state index in [0.717, 1.165) is 22.5 Å². The Kier molecular flexibility index (Phi) is 3.29. The van der Waals surface area contributed by atoms with Gasteiger partial charge in [-0.25, -0.2) is 0 Å². The molecule has 0 spiro atoms. The van der Waals surface area contributed by atoms with E-state index in [9.17, 15) is 0 Å². The monoisotopic (exact) mass is 262 g/mol. The number of hydrogen-bond acceptors (Lipinski definition) is 4. The molecule has 0 saturated carbocycles. The van der Waals surface area contributed by atoms with Crippen molar-refractivity contribution in [2.75, 3.05) is 11.1 Å². The number of nitrogens with zero attached hydrogens (tertiary/aromatic N) is 2. The standard InChI is InChI=1S/C16H14N4/c17-14-6-4-5-12(9-14)13-10-16(20-18-11-13)19-15-7-2-1-3-8-15/h1-11H,17H2,(H,19,20). The van der Waals surface area contributed by atoms with Gasteiger partial charge in [0.25, 0.3) is 0 Å². The van der Waals surface area contributed by atoms with Crippen LogP contribution in [0.1, 0.15) is 0 Å². The summed E-state index contributed by atoms with van der Waals surface area (Å²) in [6.07, 6.45) is 1.73. The highest BCUT2D eigenvalue weighted by atomic mass is 15.2. The maximum Gasteiger partial charge on any atom is 0.153 e. The van der Waals surface area contributed by atoms with Crippen molar-refractivity contribution in [3.63, 3.8) is 0 Å². The van der Waals surface area contributed by atoms with E-state index < -0.39 is 0 Å². The van der Waals surface area contributed by atoms with Crippen LogP contribution in [0.3, 0.4) is 0 Å². The van der Waals surface area contributed by atoms with Gasteiger partial charge in [0.15, 0.2) is 5.82 Å². The maximum absolute atomic E-state index is 5.81. The van der Waals surface area contributed by atoms with Crippen LogP contribution in [-0.4, -0.2) is 10.2 Å². The molecule has 0 fully saturated rings. The molecule has 0 atom stereocenters. The molecule has 98 valence electrons. The summed E-state index contributed by atoms with van der Waals surface area (Å²) < 4.78 is 0. The largest absolute Gasteiger partial charge is 0.399 e. The molecule has 4 nitrogen and oxygen atoms in total. The molecule has 0 amide bonds. The minimum atomic E-state index is 0.705. The number of para-hydroxylation sites is 1. The lowest BCUT2D eigenvalue weighted by atomic mass is 10.1. The second-order valence-electron chi connectivity index (χ2n) is 4.45. The van der Waals surface area contributed by atoms with Crippen LogP contribution in [0.4, 0.5) is 17.2 Å². The molecule has 4 heteroatoms. The van der Waals surface area contributed by atoms with E-state index in [1.54, 1.807) is 6.20 Å². The maximum atomic E-state index is 5.81. The third-order valence-corrected chi connectivity index (χ3v) is 2.92. The number of nitrogens with two attached hydrogens (primary N) is 1. The Morgan fingerprint density at radius 3 is 2.50 bits per heavy atom. The molecule has 0 radical (unpaired) electrons. The normalized spacial score (nSPS) is 10.2. The average molecular weight is 262 g/mol. The molecular formula is C16H14N4. The Morgan fingerprint density at radius 2 is 1.70 bits per heavy atom. The number of aromatic nitrogens is 2. The van der Waals surface area contributed by atoms with Crippen molar-refractivity contribution in [3.8, 4) is 11.1 Å². The number of rotatable bonds is 3. The zero-order valence-corrected chi connectivity index (χ0v) is 10.8. The summed E-state index contributed by atoms with van der Waals surface area (Å²) >= 11 is 0. The molecule has 1 heterocycles. The topological polar surface area (TPSA) is 63.8 Å². The molecule has 2 aromatic carbocycles. The van der Waals surface area contributed by atoms with Gasteiger partial charge in [-0.3, -0.25) is 0 Å². The summed E-state index contributed by atoms with van der Waals surface area (Å²) in [6.45, 7) is 0. The summed E-state index contributed by atoms with van der Waals surface area (Å²) in [4.78, 5) is 0. The molecule has 0 saturated heterocycles. The van der Waals surface area contributed by atoms with Crippen LogP contribution in [0, 0.1) is 0 Å². The Bertz CT molecular complexity index is 710. The number of anilines is 3. The van der Waals surface area contributed by atoms with Crippen LogP contribution in [0.15, 0.2) is 66.9 Å². The number of hydrogen-bond donors (Lipinski definition) is 2. The molecule has 3 N–H and O–H groups in total. The molecule has 20 heavy (non-hydrogen) atoms. The van der Waals surface area contributed by atoms with Crippen molar-refractivity contribution in [1.82, 2.24) is 10.2 Å². The van der Waals surface area contributed by atoms with E-state index in [4.69, 9.17) is 5.73 Å². The molecule has 3 aromatic rings. The van der Waals surface area contributed by atoms with Gasteiger partial charge >= 0.3 is 0 Å². The van der Waals surface area contributed by atoms with Gasteiger partial charge in [0.05, 0.1) is 6.20 Å². The minimum absolute atomic E-state index is 0.705. The van der Waals surface area contributed by atoms with Gasteiger partial charge in [0.1, 0.15) is 0 Å². The van der Waals surface area contributed by atoms with E-state index in [-0.39, 0.29) is 0 Å². The van der Waals surface area contributed by atoms with Crippen molar-refractivity contribution >= 4 is 17.2 Å². The van der Waals surface area contributed by atoms with Gasteiger partial charge in [0.2, 0.25) is 0 Å². The zero-order chi connectivity index (χ0) is 13.8. The van der Waals surface area contributed by atoms with Crippen molar-refractivity contribution in [2.24, 2.45) is 0 Å². The quantitative estimate of drug-likeness (QED) is 0.709. The first kappa shape index (κ1) is 12.2. The number of nitrogen functional groups attached to an aromatic ring is 1. The second-order valence-corrected chi connectivity index (χ2v) is 4.45. The Labute approximate surface area is 117 Å². The van der Waals surface area contributed by atoms with E-state index in [1.807, 2.05) is 60.7 Å². The van der Waals surface area contributed by atoms with E-state index in [0.29, 0.717) is 5.82 Å². The van der Waals surface area contributed by atoms with Gasteiger partial charge in [-0.05, 0) is 35.9 Å². The third kappa shape index (κ3) is 2.75. The first-order chi connectivity index (χ1) is 9.81. The number of benzene rings is 2. The molecule has 3 rings (SSSR count). The highest BCUT2D eigenvalue weighted by Crippen LogP contribution is 2.23. The average Bonchev–Trinajstić information content (AvgIpc) is 2.49.